The van der Waals surface area contributed by atoms with Gasteiger partial charge in [-0.1, -0.05) is 43.2 Å². The maximum atomic E-state index is 14.3. The van der Waals surface area contributed by atoms with Crippen molar-refractivity contribution in [2.24, 2.45) is 5.92 Å². The molecule has 13 nitrogen and oxygen atoms in total. The first-order valence-electron chi connectivity index (χ1n) is 18.0. The standard InChI is InChI=1S/C40H51N5O8/c1-8-53-36(46)22-32(28-16-18-33(50-5)35(21-28)52-7)41-23-29(19-26-13-14-26)45-37(47)40(3,4)44(39(45)49)24-27-15-17-31(34(20-27)51-6)43-38(48)42-30-12-10-9-11-25(30)2/h9-12,15-18,20-21,26,29,32,41H,8,13-14,19,22-24H2,1-7H3,(H2,42,43,48)/t29-,32-/m0/s1. The maximum absolute atomic E-state index is 14.3. The van der Waals surface area contributed by atoms with Crippen molar-refractivity contribution in [3.8, 4) is 17.2 Å². The van der Waals surface area contributed by atoms with E-state index in [4.69, 9.17) is 18.9 Å². The fraction of sp³-hybridized carbons (Fsp3) is 0.450. The van der Waals surface area contributed by atoms with Gasteiger partial charge in [0.05, 0.1) is 46.1 Å². The predicted octanol–water partition coefficient (Wildman–Crippen LogP) is 6.66. The van der Waals surface area contributed by atoms with Gasteiger partial charge in [0.15, 0.2) is 11.5 Å². The highest BCUT2D eigenvalue weighted by molar-refractivity contribution is 6.07. The molecule has 53 heavy (non-hydrogen) atoms. The van der Waals surface area contributed by atoms with Gasteiger partial charge in [0.25, 0.3) is 5.91 Å². The van der Waals surface area contributed by atoms with E-state index in [-0.39, 0.29) is 44.0 Å². The lowest BCUT2D eigenvalue weighted by Gasteiger charge is -2.29. The zero-order valence-electron chi connectivity index (χ0n) is 31.6. The second-order valence-corrected chi connectivity index (χ2v) is 13.9. The smallest absolute Gasteiger partial charge is 0.328 e. The van der Waals surface area contributed by atoms with Crippen molar-refractivity contribution in [3.05, 3.63) is 77.4 Å². The van der Waals surface area contributed by atoms with Crippen molar-refractivity contribution < 1.29 is 38.1 Å². The molecule has 2 aliphatic rings. The second-order valence-electron chi connectivity index (χ2n) is 13.9. The largest absolute Gasteiger partial charge is 0.495 e. The normalized spacial score (nSPS) is 16.2. The topological polar surface area (TPSA) is 148 Å². The molecular formula is C40H51N5O8. The van der Waals surface area contributed by atoms with Gasteiger partial charge in [-0.05, 0) is 87.1 Å². The minimum atomic E-state index is -1.13. The first-order valence-corrected chi connectivity index (χ1v) is 18.0. The van der Waals surface area contributed by atoms with Crippen LogP contribution in [0.15, 0.2) is 60.7 Å². The SMILES string of the molecule is CCOC(=O)C[C@H](NC[C@H](CC1CC1)N1C(=O)N(Cc2ccc(NC(=O)Nc3ccccc3C)c(OC)c2)C(C)(C)C1=O)c1ccc(OC)c(OC)c1. The first kappa shape index (κ1) is 38.9. The van der Waals surface area contributed by atoms with Gasteiger partial charge in [-0.15, -0.1) is 0 Å². The molecule has 5 rings (SSSR count). The Hall–Kier alpha value is -5.30. The number of methoxy groups -OCH3 is 3. The average molecular weight is 730 g/mol. The number of hydrogen-bond donors (Lipinski definition) is 3. The number of ether oxygens (including phenoxy) is 4. The molecule has 1 aliphatic heterocycles. The molecule has 13 heteroatoms. The molecule has 0 aromatic heterocycles. The van der Waals surface area contributed by atoms with Gasteiger partial charge in [0.2, 0.25) is 0 Å². The number of urea groups is 2. The van der Waals surface area contributed by atoms with Crippen LogP contribution in [0.5, 0.6) is 17.2 Å². The summed E-state index contributed by atoms with van der Waals surface area (Å²) >= 11 is 0. The van der Waals surface area contributed by atoms with Crippen molar-refractivity contribution in [2.75, 3.05) is 45.1 Å². The van der Waals surface area contributed by atoms with Crippen LogP contribution in [0.2, 0.25) is 0 Å². The lowest BCUT2D eigenvalue weighted by Crippen LogP contribution is -2.48. The van der Waals surface area contributed by atoms with Crippen LogP contribution in [-0.2, 0) is 20.9 Å². The number of carbonyl (C=O) groups is 4. The number of rotatable bonds is 17. The van der Waals surface area contributed by atoms with Crippen LogP contribution in [-0.4, -0.2) is 79.8 Å². The summed E-state index contributed by atoms with van der Waals surface area (Å²) in [7, 11) is 4.61. The van der Waals surface area contributed by atoms with E-state index in [0.29, 0.717) is 41.0 Å². The zero-order valence-corrected chi connectivity index (χ0v) is 31.6. The molecule has 0 bridgehead atoms. The minimum Gasteiger partial charge on any atom is -0.495 e. The number of esters is 1. The minimum absolute atomic E-state index is 0.0409. The molecule has 0 spiro atoms. The van der Waals surface area contributed by atoms with Crippen LogP contribution in [0, 0.1) is 12.8 Å². The van der Waals surface area contributed by atoms with Gasteiger partial charge in [-0.25, -0.2) is 9.59 Å². The van der Waals surface area contributed by atoms with E-state index in [1.807, 2.05) is 43.3 Å². The molecule has 0 unspecified atom stereocenters. The van der Waals surface area contributed by atoms with Gasteiger partial charge in [-0.2, -0.15) is 0 Å². The summed E-state index contributed by atoms with van der Waals surface area (Å²) in [6.07, 6.45) is 2.75. The number of carbonyl (C=O) groups excluding carboxylic acids is 4. The number of anilines is 2. The van der Waals surface area contributed by atoms with Crippen molar-refractivity contribution in [1.82, 2.24) is 15.1 Å². The monoisotopic (exact) mass is 729 g/mol. The summed E-state index contributed by atoms with van der Waals surface area (Å²) in [5, 5.41) is 9.18. The summed E-state index contributed by atoms with van der Waals surface area (Å²) in [5.74, 6) is 1.22. The van der Waals surface area contributed by atoms with Gasteiger partial charge < -0.3 is 39.8 Å². The molecule has 1 saturated carbocycles. The van der Waals surface area contributed by atoms with Crippen molar-refractivity contribution >= 4 is 35.3 Å². The Morgan fingerprint density at radius 2 is 1.58 bits per heavy atom. The van der Waals surface area contributed by atoms with E-state index in [1.54, 1.807) is 64.2 Å². The van der Waals surface area contributed by atoms with Gasteiger partial charge in [0.1, 0.15) is 11.3 Å². The third kappa shape index (κ3) is 9.20. The highest BCUT2D eigenvalue weighted by atomic mass is 16.5. The van der Waals surface area contributed by atoms with Crippen molar-refractivity contribution in [2.45, 2.75) is 77.5 Å². The highest BCUT2D eigenvalue weighted by Crippen LogP contribution is 2.39. The number of imide groups is 1. The van der Waals surface area contributed by atoms with Crippen LogP contribution in [0.1, 0.15) is 69.2 Å². The number of hydrogen-bond acceptors (Lipinski definition) is 9. The highest BCUT2D eigenvalue weighted by Gasteiger charge is 2.53. The molecule has 3 aromatic rings. The Balaban J connectivity index is 1.34. The molecule has 0 radical (unpaired) electrons. The van der Waals surface area contributed by atoms with Crippen LogP contribution in [0.25, 0.3) is 0 Å². The van der Waals surface area contributed by atoms with E-state index in [1.165, 1.54) is 12.0 Å². The van der Waals surface area contributed by atoms with E-state index in [0.717, 1.165) is 29.5 Å². The number of benzene rings is 3. The molecule has 3 N–H and O–H groups in total. The maximum Gasteiger partial charge on any atom is 0.328 e. The van der Waals surface area contributed by atoms with E-state index in [9.17, 15) is 19.2 Å². The fourth-order valence-corrected chi connectivity index (χ4v) is 6.62. The molecule has 3 aromatic carbocycles. The summed E-state index contributed by atoms with van der Waals surface area (Å²) in [5.41, 5.74) is 2.44. The van der Waals surface area contributed by atoms with E-state index < -0.39 is 23.7 Å². The number of aryl methyl sites for hydroxylation is 1. The zero-order chi connectivity index (χ0) is 38.3. The molecule has 1 heterocycles. The van der Waals surface area contributed by atoms with Crippen LogP contribution < -0.4 is 30.2 Å². The lowest BCUT2D eigenvalue weighted by atomic mass is 10.00. The van der Waals surface area contributed by atoms with Gasteiger partial charge >= 0.3 is 18.0 Å². The van der Waals surface area contributed by atoms with Crippen molar-refractivity contribution in [1.29, 1.82) is 0 Å². The quantitative estimate of drug-likeness (QED) is 0.103. The average Bonchev–Trinajstić information content (AvgIpc) is 3.94. The summed E-state index contributed by atoms with van der Waals surface area (Å²) in [6.45, 7) is 7.84. The lowest BCUT2D eigenvalue weighted by molar-refractivity contribution is -0.144. The van der Waals surface area contributed by atoms with E-state index >= 15 is 0 Å². The number of amides is 5. The Bertz CT molecular complexity index is 1810. The van der Waals surface area contributed by atoms with Crippen LogP contribution >= 0.6 is 0 Å². The van der Waals surface area contributed by atoms with Crippen LogP contribution in [0.4, 0.5) is 21.0 Å². The number of nitrogens with zero attached hydrogens (tertiary/aromatic N) is 2. The van der Waals surface area contributed by atoms with Crippen LogP contribution in [0.3, 0.4) is 0 Å². The van der Waals surface area contributed by atoms with Crippen molar-refractivity contribution in [3.63, 3.8) is 0 Å². The Kier molecular flexibility index (Phi) is 12.5. The first-order chi connectivity index (χ1) is 25.4. The molecule has 5 amide bonds. The summed E-state index contributed by atoms with van der Waals surface area (Å²) in [6, 6.07) is 16.5. The van der Waals surface area contributed by atoms with E-state index in [2.05, 4.69) is 16.0 Å². The molecule has 1 saturated heterocycles. The predicted molar refractivity (Wildman–Crippen MR) is 201 cm³/mol. The number of para-hydroxylation sites is 1. The fourth-order valence-electron chi connectivity index (χ4n) is 6.62. The Labute approximate surface area is 311 Å². The molecular weight excluding hydrogens is 678 g/mol. The molecule has 1 aliphatic carbocycles. The second kappa shape index (κ2) is 17.0. The molecule has 2 atom stereocenters. The molecule has 284 valence electrons. The Morgan fingerprint density at radius 1 is 0.887 bits per heavy atom. The molecule has 2 fully saturated rings. The Morgan fingerprint density at radius 3 is 2.25 bits per heavy atom. The number of nitrogens with one attached hydrogen (secondary N) is 3. The summed E-state index contributed by atoms with van der Waals surface area (Å²) < 4.78 is 21.8. The third-order valence-electron chi connectivity index (χ3n) is 9.86. The van der Waals surface area contributed by atoms with Gasteiger partial charge in [0, 0.05) is 24.8 Å². The third-order valence-corrected chi connectivity index (χ3v) is 9.86. The summed E-state index contributed by atoms with van der Waals surface area (Å²) in [4.78, 5) is 56.9. The van der Waals surface area contributed by atoms with Gasteiger partial charge in [-0.3, -0.25) is 14.5 Å².